The third-order valence-electron chi connectivity index (χ3n) is 2.24. The molecule has 0 saturated carbocycles. The van der Waals surface area contributed by atoms with Crippen molar-refractivity contribution in [2.24, 2.45) is 0 Å². The van der Waals surface area contributed by atoms with Crippen LogP contribution in [0.1, 0.15) is 11.3 Å². The smallest absolute Gasteiger partial charge is 0.140 e. The quantitative estimate of drug-likeness (QED) is 0.818. The third-order valence-corrected chi connectivity index (χ3v) is 3.57. The Bertz CT molecular complexity index is 580. The molecule has 80 valence electrons. The first-order valence-electron chi connectivity index (χ1n) is 4.64. The number of nitriles is 1. The normalized spacial score (nSPS) is 10.1. The van der Waals surface area contributed by atoms with E-state index in [1.807, 2.05) is 19.1 Å². The van der Waals surface area contributed by atoms with Crippen LogP contribution in [0.25, 0.3) is 5.69 Å². The average Bonchev–Trinajstić information content (AvgIpc) is 2.57. The minimum absolute atomic E-state index is 0.597. The van der Waals surface area contributed by atoms with Crippen molar-refractivity contribution >= 4 is 28.4 Å². The maximum Gasteiger partial charge on any atom is 0.140 e. The van der Waals surface area contributed by atoms with E-state index in [4.69, 9.17) is 11.0 Å². The number of nitrogens with two attached hydrogens (primary N) is 1. The van der Waals surface area contributed by atoms with Crippen molar-refractivity contribution in [2.45, 2.75) is 6.92 Å². The van der Waals surface area contributed by atoms with E-state index >= 15 is 0 Å². The number of nitrogens with zero attached hydrogens (tertiary/aromatic N) is 3. The van der Waals surface area contributed by atoms with Gasteiger partial charge < -0.3 is 5.73 Å². The van der Waals surface area contributed by atoms with E-state index in [-0.39, 0.29) is 0 Å². The van der Waals surface area contributed by atoms with E-state index in [1.165, 1.54) is 0 Å². The number of anilines is 1. The molecule has 2 rings (SSSR count). The predicted molar refractivity (Wildman–Crippen MR) is 70.1 cm³/mol. The molecule has 2 N–H and O–H groups in total. The summed E-state index contributed by atoms with van der Waals surface area (Å²) in [6, 6.07) is 9.30. The summed E-state index contributed by atoms with van der Waals surface area (Å²) in [4.78, 5) is 0. The molecular weight excluding hydrogens is 315 g/mol. The Balaban J connectivity index is 2.59. The molecule has 1 aromatic carbocycles. The van der Waals surface area contributed by atoms with E-state index in [0.717, 1.165) is 15.0 Å². The first-order chi connectivity index (χ1) is 7.63. The van der Waals surface area contributed by atoms with E-state index in [2.05, 4.69) is 33.8 Å². The van der Waals surface area contributed by atoms with Gasteiger partial charge in [0.15, 0.2) is 0 Å². The second-order valence-corrected chi connectivity index (χ2v) is 4.44. The second kappa shape index (κ2) is 4.14. The lowest BCUT2D eigenvalue weighted by molar-refractivity contribution is 0.871. The standard InChI is InChI=1S/C11H9IN4/c1-7-10(12)11(14)16(15-7)9-4-2-3-8(5-9)6-13/h2-5H,14H2,1H3. The molecule has 0 unspecified atom stereocenters. The van der Waals surface area contributed by atoms with Crippen molar-refractivity contribution in [1.29, 1.82) is 5.26 Å². The van der Waals surface area contributed by atoms with E-state index < -0.39 is 0 Å². The lowest BCUT2D eigenvalue weighted by Crippen LogP contribution is -2.02. The van der Waals surface area contributed by atoms with E-state index in [0.29, 0.717) is 11.4 Å². The Morgan fingerprint density at radius 1 is 1.50 bits per heavy atom. The van der Waals surface area contributed by atoms with Crippen LogP contribution >= 0.6 is 22.6 Å². The van der Waals surface area contributed by atoms with E-state index in [9.17, 15) is 0 Å². The van der Waals surface area contributed by atoms with Gasteiger partial charge >= 0.3 is 0 Å². The molecule has 0 fully saturated rings. The van der Waals surface area contributed by atoms with Crippen molar-refractivity contribution in [3.63, 3.8) is 0 Å². The van der Waals surface area contributed by atoms with Gasteiger partial charge in [0.2, 0.25) is 0 Å². The van der Waals surface area contributed by atoms with Gasteiger partial charge in [-0.1, -0.05) is 6.07 Å². The Kier molecular flexibility index (Phi) is 2.83. The summed E-state index contributed by atoms with van der Waals surface area (Å²) in [5.74, 6) is 0.605. The lowest BCUT2D eigenvalue weighted by atomic mass is 10.2. The maximum atomic E-state index is 8.83. The Morgan fingerprint density at radius 2 is 2.25 bits per heavy atom. The van der Waals surface area contributed by atoms with Crippen molar-refractivity contribution in [3.05, 3.63) is 39.1 Å². The highest BCUT2D eigenvalue weighted by Crippen LogP contribution is 2.22. The van der Waals surface area contributed by atoms with Crippen LogP contribution in [0.2, 0.25) is 0 Å². The second-order valence-electron chi connectivity index (χ2n) is 3.36. The Labute approximate surface area is 107 Å². The van der Waals surface area contributed by atoms with Crippen LogP contribution in [0.4, 0.5) is 5.82 Å². The number of hydrogen-bond acceptors (Lipinski definition) is 3. The fourth-order valence-electron chi connectivity index (χ4n) is 1.43. The molecule has 0 aliphatic rings. The summed E-state index contributed by atoms with van der Waals surface area (Å²) in [5, 5.41) is 13.2. The van der Waals surface area contributed by atoms with Crippen molar-refractivity contribution in [1.82, 2.24) is 9.78 Å². The molecule has 0 aliphatic heterocycles. The molecule has 0 saturated heterocycles. The third kappa shape index (κ3) is 1.76. The summed E-state index contributed by atoms with van der Waals surface area (Å²) in [6.07, 6.45) is 0. The average molecular weight is 324 g/mol. The fourth-order valence-corrected chi connectivity index (χ4v) is 1.77. The first kappa shape index (κ1) is 11.0. The van der Waals surface area contributed by atoms with Gasteiger partial charge in [-0.2, -0.15) is 10.4 Å². The van der Waals surface area contributed by atoms with Gasteiger partial charge in [-0.05, 0) is 47.7 Å². The lowest BCUT2D eigenvalue weighted by Gasteiger charge is -2.03. The van der Waals surface area contributed by atoms with Crippen LogP contribution < -0.4 is 5.73 Å². The van der Waals surface area contributed by atoms with Crippen LogP contribution in [0.15, 0.2) is 24.3 Å². The molecule has 1 heterocycles. The molecule has 0 radical (unpaired) electrons. The highest BCUT2D eigenvalue weighted by molar-refractivity contribution is 14.1. The van der Waals surface area contributed by atoms with Gasteiger partial charge in [0.05, 0.1) is 26.6 Å². The molecule has 0 atom stereocenters. The van der Waals surface area contributed by atoms with Crippen LogP contribution in [0.5, 0.6) is 0 Å². The minimum atomic E-state index is 0.597. The number of halogens is 1. The van der Waals surface area contributed by atoms with Crippen molar-refractivity contribution in [3.8, 4) is 11.8 Å². The maximum absolute atomic E-state index is 8.83. The van der Waals surface area contributed by atoms with Gasteiger partial charge in [-0.3, -0.25) is 0 Å². The molecule has 1 aromatic heterocycles. The van der Waals surface area contributed by atoms with Crippen LogP contribution in [-0.4, -0.2) is 9.78 Å². The summed E-state index contributed by atoms with van der Waals surface area (Å²) in [6.45, 7) is 1.91. The number of hydrogen-bond donors (Lipinski definition) is 1. The SMILES string of the molecule is Cc1nn(-c2cccc(C#N)c2)c(N)c1I. The van der Waals surface area contributed by atoms with Gasteiger partial charge in [0.1, 0.15) is 5.82 Å². The minimum Gasteiger partial charge on any atom is -0.383 e. The molecule has 0 amide bonds. The highest BCUT2D eigenvalue weighted by Gasteiger charge is 2.10. The van der Waals surface area contributed by atoms with Gasteiger partial charge in [0.25, 0.3) is 0 Å². The van der Waals surface area contributed by atoms with Gasteiger partial charge in [0, 0.05) is 0 Å². The molecule has 0 aliphatic carbocycles. The van der Waals surface area contributed by atoms with E-state index in [1.54, 1.807) is 16.8 Å². The van der Waals surface area contributed by atoms with Crippen LogP contribution in [0.3, 0.4) is 0 Å². The molecule has 0 spiro atoms. The van der Waals surface area contributed by atoms with Gasteiger partial charge in [-0.25, -0.2) is 4.68 Å². The van der Waals surface area contributed by atoms with Crippen molar-refractivity contribution < 1.29 is 0 Å². The molecular formula is C11H9IN4. The molecule has 4 nitrogen and oxygen atoms in total. The zero-order valence-corrected chi connectivity index (χ0v) is 10.8. The zero-order chi connectivity index (χ0) is 11.7. The van der Waals surface area contributed by atoms with Crippen LogP contribution in [-0.2, 0) is 0 Å². The summed E-state index contributed by atoms with van der Waals surface area (Å²) >= 11 is 2.16. The number of rotatable bonds is 1. The number of nitrogen functional groups attached to an aromatic ring is 1. The van der Waals surface area contributed by atoms with Crippen LogP contribution in [0, 0.1) is 21.8 Å². The predicted octanol–water partition coefficient (Wildman–Crippen LogP) is 2.24. The zero-order valence-electron chi connectivity index (χ0n) is 8.61. The summed E-state index contributed by atoms with van der Waals surface area (Å²) in [7, 11) is 0. The Hall–Kier alpha value is -1.55. The molecule has 5 heteroatoms. The number of aryl methyl sites for hydroxylation is 1. The Morgan fingerprint density at radius 3 is 2.81 bits per heavy atom. The number of aromatic nitrogens is 2. The fraction of sp³-hybridized carbons (Fsp3) is 0.0909. The highest BCUT2D eigenvalue weighted by atomic mass is 127. The largest absolute Gasteiger partial charge is 0.383 e. The number of benzene rings is 1. The topological polar surface area (TPSA) is 67.6 Å². The van der Waals surface area contributed by atoms with Crippen molar-refractivity contribution in [2.75, 3.05) is 5.73 Å². The first-order valence-corrected chi connectivity index (χ1v) is 5.72. The summed E-state index contributed by atoms with van der Waals surface area (Å²) in [5.41, 5.74) is 8.23. The molecule has 2 aromatic rings. The molecule has 16 heavy (non-hydrogen) atoms. The summed E-state index contributed by atoms with van der Waals surface area (Å²) < 4.78 is 2.60. The van der Waals surface area contributed by atoms with Gasteiger partial charge in [-0.15, -0.1) is 0 Å². The molecule has 0 bridgehead atoms. The monoisotopic (exact) mass is 324 g/mol.